The average molecular weight is 413 g/mol. The highest BCUT2D eigenvalue weighted by Crippen LogP contribution is 2.37. The van der Waals surface area contributed by atoms with Crippen LogP contribution in [0, 0.1) is 0 Å². The number of hydrogen-bond donors (Lipinski definition) is 1. The number of piperidine rings is 1. The number of fused-ring (bicyclic) bond motifs is 1. The van der Waals surface area contributed by atoms with Crippen LogP contribution in [0.5, 0.6) is 0 Å². The third-order valence-electron chi connectivity index (χ3n) is 5.68. The van der Waals surface area contributed by atoms with Gasteiger partial charge >= 0.3 is 6.03 Å². The maximum absolute atomic E-state index is 13.4. The van der Waals surface area contributed by atoms with Crippen molar-refractivity contribution in [2.75, 3.05) is 57.4 Å². The molecule has 3 aliphatic rings. The first kappa shape index (κ1) is 19.3. The number of rotatable bonds is 4. The first-order chi connectivity index (χ1) is 13.1. The minimum Gasteiger partial charge on any atom is -0.379 e. The van der Waals surface area contributed by atoms with Gasteiger partial charge in [-0.05, 0) is 43.6 Å². The largest absolute Gasteiger partial charge is 0.379 e. The molecule has 2 fully saturated rings. The van der Waals surface area contributed by atoms with E-state index in [0.717, 1.165) is 70.0 Å². The van der Waals surface area contributed by atoms with Gasteiger partial charge in [-0.2, -0.15) is 0 Å². The second kappa shape index (κ2) is 8.53. The molecule has 2 saturated heterocycles. The molecule has 0 aromatic heterocycles. The molecule has 0 atom stereocenters. The first-order valence-corrected chi connectivity index (χ1v) is 10.5. The molecule has 1 N–H and O–H groups in total. The summed E-state index contributed by atoms with van der Waals surface area (Å²) in [6.07, 6.45) is 1.89. The molecule has 0 spiro atoms. The highest BCUT2D eigenvalue weighted by Gasteiger charge is 2.36. The molecule has 6 nitrogen and oxygen atoms in total. The van der Waals surface area contributed by atoms with E-state index >= 15 is 0 Å². The number of nitrogens with one attached hydrogen (secondary N) is 1. The molecule has 1 aromatic rings. The lowest BCUT2D eigenvalue weighted by atomic mass is 10.0. The van der Waals surface area contributed by atoms with E-state index in [1.54, 1.807) is 0 Å². The average Bonchev–Trinajstić information content (AvgIpc) is 2.69. The minimum absolute atomic E-state index is 0.0843. The molecule has 8 heteroatoms. The topological polar surface area (TPSA) is 48.1 Å². The summed E-state index contributed by atoms with van der Waals surface area (Å²) in [5.41, 5.74) is 1.99. The van der Waals surface area contributed by atoms with E-state index < -0.39 is 0 Å². The van der Waals surface area contributed by atoms with Gasteiger partial charge < -0.3 is 15.0 Å². The Morgan fingerprint density at radius 2 is 1.78 bits per heavy atom. The van der Waals surface area contributed by atoms with E-state index in [1.807, 2.05) is 21.9 Å². The van der Waals surface area contributed by atoms with Crippen molar-refractivity contribution in [2.45, 2.75) is 25.4 Å². The highest BCUT2D eigenvalue weighted by atomic mass is 35.5. The van der Waals surface area contributed by atoms with Gasteiger partial charge in [-0.1, -0.05) is 23.2 Å². The maximum atomic E-state index is 13.4. The fourth-order valence-electron chi connectivity index (χ4n) is 4.14. The van der Waals surface area contributed by atoms with Crippen LogP contribution < -0.4 is 10.2 Å². The Kier molecular flexibility index (Phi) is 6.09. The van der Waals surface area contributed by atoms with Crippen molar-refractivity contribution in [1.82, 2.24) is 15.1 Å². The molecule has 0 aliphatic carbocycles. The number of anilines is 1. The van der Waals surface area contributed by atoms with Gasteiger partial charge in [0.05, 0.1) is 28.9 Å². The number of hydrogen-bond acceptors (Lipinski definition) is 4. The lowest BCUT2D eigenvalue weighted by molar-refractivity contribution is 0.0346. The maximum Gasteiger partial charge on any atom is 0.325 e. The van der Waals surface area contributed by atoms with Crippen LogP contribution in [0.2, 0.25) is 10.0 Å². The first-order valence-electron chi connectivity index (χ1n) is 9.70. The van der Waals surface area contributed by atoms with Crippen molar-refractivity contribution in [2.24, 2.45) is 0 Å². The summed E-state index contributed by atoms with van der Waals surface area (Å²) in [5, 5.41) is 4.42. The number of nitrogens with zero attached hydrogens (tertiary/aromatic N) is 3. The second-order valence-electron chi connectivity index (χ2n) is 7.40. The number of morpholine rings is 1. The SMILES string of the molecule is O=C1N(CCN2CCOCC2)Cc2cc(Cl)c(Cl)cc2N1C1CCNCC1. The van der Waals surface area contributed by atoms with Gasteiger partial charge in [-0.3, -0.25) is 9.80 Å². The summed E-state index contributed by atoms with van der Waals surface area (Å²) < 4.78 is 5.42. The van der Waals surface area contributed by atoms with E-state index in [1.165, 1.54) is 0 Å². The summed E-state index contributed by atoms with van der Waals surface area (Å²) >= 11 is 12.6. The van der Waals surface area contributed by atoms with E-state index in [2.05, 4.69) is 10.2 Å². The molecule has 3 heterocycles. The number of ether oxygens (including phenoxy) is 1. The number of carbonyl (C=O) groups excluding carboxylic acids is 1. The molecule has 3 aliphatic heterocycles. The molecule has 2 amide bonds. The quantitative estimate of drug-likeness (QED) is 0.825. The van der Waals surface area contributed by atoms with Gasteiger partial charge in [0.1, 0.15) is 0 Å². The monoisotopic (exact) mass is 412 g/mol. The Morgan fingerprint density at radius 3 is 2.52 bits per heavy atom. The van der Waals surface area contributed by atoms with E-state index in [0.29, 0.717) is 23.1 Å². The molecular weight excluding hydrogens is 387 g/mol. The van der Waals surface area contributed by atoms with Gasteiger partial charge in [-0.25, -0.2) is 4.79 Å². The summed E-state index contributed by atoms with van der Waals surface area (Å²) in [7, 11) is 0. The van der Waals surface area contributed by atoms with Crippen LogP contribution in [0.1, 0.15) is 18.4 Å². The molecule has 148 valence electrons. The molecule has 4 rings (SSSR count). The molecule has 27 heavy (non-hydrogen) atoms. The van der Waals surface area contributed by atoms with Crippen LogP contribution in [0.15, 0.2) is 12.1 Å². The van der Waals surface area contributed by atoms with Crippen LogP contribution in [-0.4, -0.2) is 74.4 Å². The Hall–Kier alpha value is -1.05. The van der Waals surface area contributed by atoms with Crippen molar-refractivity contribution >= 4 is 34.9 Å². The Morgan fingerprint density at radius 1 is 1.07 bits per heavy atom. The van der Waals surface area contributed by atoms with Gasteiger partial charge in [0.2, 0.25) is 0 Å². The molecule has 0 saturated carbocycles. The number of amides is 2. The zero-order chi connectivity index (χ0) is 18.8. The number of urea groups is 1. The fourth-order valence-corrected chi connectivity index (χ4v) is 4.48. The van der Waals surface area contributed by atoms with Gasteiger partial charge in [0.15, 0.2) is 0 Å². The van der Waals surface area contributed by atoms with Crippen molar-refractivity contribution in [1.29, 1.82) is 0 Å². The van der Waals surface area contributed by atoms with Gasteiger partial charge in [0.25, 0.3) is 0 Å². The van der Waals surface area contributed by atoms with E-state index in [4.69, 9.17) is 27.9 Å². The minimum atomic E-state index is 0.0843. The molecular formula is C19H26Cl2N4O2. The van der Waals surface area contributed by atoms with Crippen molar-refractivity contribution < 1.29 is 9.53 Å². The second-order valence-corrected chi connectivity index (χ2v) is 8.22. The van der Waals surface area contributed by atoms with Crippen LogP contribution in [0.25, 0.3) is 0 Å². The molecule has 0 bridgehead atoms. The van der Waals surface area contributed by atoms with Gasteiger partial charge in [-0.15, -0.1) is 0 Å². The lowest BCUT2D eigenvalue weighted by Gasteiger charge is -2.43. The van der Waals surface area contributed by atoms with Crippen LogP contribution >= 0.6 is 23.2 Å². The van der Waals surface area contributed by atoms with Crippen molar-refractivity contribution in [3.8, 4) is 0 Å². The molecule has 0 unspecified atom stereocenters. The fraction of sp³-hybridized carbons (Fsp3) is 0.632. The molecule has 1 aromatic carbocycles. The highest BCUT2D eigenvalue weighted by molar-refractivity contribution is 6.42. The van der Waals surface area contributed by atoms with Crippen molar-refractivity contribution in [3.05, 3.63) is 27.7 Å². The van der Waals surface area contributed by atoms with Crippen LogP contribution in [0.4, 0.5) is 10.5 Å². The lowest BCUT2D eigenvalue weighted by Crippen LogP contribution is -2.55. The predicted octanol–water partition coefficient (Wildman–Crippen LogP) is 2.82. The normalized spacial score (nSPS) is 22.2. The third-order valence-corrected chi connectivity index (χ3v) is 6.40. The predicted molar refractivity (Wildman–Crippen MR) is 108 cm³/mol. The summed E-state index contributed by atoms with van der Waals surface area (Å²) in [5.74, 6) is 0. The number of carbonyl (C=O) groups is 1. The van der Waals surface area contributed by atoms with Gasteiger partial charge in [0, 0.05) is 38.8 Å². The van der Waals surface area contributed by atoms with E-state index in [9.17, 15) is 4.79 Å². The van der Waals surface area contributed by atoms with Crippen molar-refractivity contribution in [3.63, 3.8) is 0 Å². The third kappa shape index (κ3) is 4.20. The number of benzene rings is 1. The Bertz CT molecular complexity index is 691. The summed E-state index contributed by atoms with van der Waals surface area (Å²) in [4.78, 5) is 19.6. The Labute approximate surface area is 170 Å². The number of halogens is 2. The smallest absolute Gasteiger partial charge is 0.325 e. The van der Waals surface area contributed by atoms with E-state index in [-0.39, 0.29) is 12.1 Å². The Balaban J connectivity index is 1.56. The summed E-state index contributed by atoms with van der Waals surface area (Å²) in [6.45, 7) is 7.41. The van der Waals surface area contributed by atoms with Crippen LogP contribution in [0.3, 0.4) is 0 Å². The standard InChI is InChI=1S/C19H26Cl2N4O2/c20-16-11-14-13-24(6-5-23-7-9-27-10-8-23)19(26)25(18(14)12-17(16)21)15-1-3-22-4-2-15/h11-12,15,22H,1-10,13H2. The molecule has 0 radical (unpaired) electrons. The summed E-state index contributed by atoms with van der Waals surface area (Å²) in [6, 6.07) is 4.06. The zero-order valence-corrected chi connectivity index (χ0v) is 16.9. The zero-order valence-electron chi connectivity index (χ0n) is 15.4. The van der Waals surface area contributed by atoms with Crippen LogP contribution in [-0.2, 0) is 11.3 Å².